The number of thiophene rings is 1. The molecule has 0 aromatic carbocycles. The lowest BCUT2D eigenvalue weighted by molar-refractivity contribution is 0.276. The minimum atomic E-state index is 0.295. The summed E-state index contributed by atoms with van der Waals surface area (Å²) in [4.78, 5) is 1.62. The maximum atomic E-state index is 3.77. The molecule has 1 aromatic rings. The molecule has 15 heavy (non-hydrogen) atoms. The Balaban J connectivity index is 2.26. The van der Waals surface area contributed by atoms with E-state index in [1.54, 1.807) is 10.4 Å². The van der Waals surface area contributed by atoms with Gasteiger partial charge in [-0.25, -0.2) is 0 Å². The van der Waals surface area contributed by atoms with Gasteiger partial charge in [-0.3, -0.25) is 0 Å². The van der Waals surface area contributed by atoms with E-state index in [0.29, 0.717) is 5.54 Å². The van der Waals surface area contributed by atoms with E-state index in [1.165, 1.54) is 32.1 Å². The molecule has 1 aliphatic rings. The zero-order valence-corrected chi connectivity index (χ0v) is 10.6. The highest BCUT2D eigenvalue weighted by Crippen LogP contribution is 2.38. The Morgan fingerprint density at radius 3 is 3.07 bits per heavy atom. The van der Waals surface area contributed by atoms with Crippen LogP contribution in [0.25, 0.3) is 0 Å². The van der Waals surface area contributed by atoms with Crippen LogP contribution in [0.3, 0.4) is 0 Å². The molecule has 1 atom stereocenters. The average molecular weight is 223 g/mol. The third-order valence-corrected chi connectivity index (χ3v) is 4.62. The van der Waals surface area contributed by atoms with E-state index in [4.69, 9.17) is 0 Å². The predicted octanol–water partition coefficient (Wildman–Crippen LogP) is 3.69. The highest BCUT2D eigenvalue weighted by molar-refractivity contribution is 7.10. The van der Waals surface area contributed by atoms with Crippen LogP contribution in [0.4, 0.5) is 0 Å². The van der Waals surface area contributed by atoms with Crippen molar-refractivity contribution in [3.8, 4) is 0 Å². The molecule has 2 rings (SSSR count). The zero-order chi connectivity index (χ0) is 10.7. The first-order valence-electron chi connectivity index (χ1n) is 6.14. The molecule has 2 heterocycles. The number of hydrogen-bond donors (Lipinski definition) is 1. The Morgan fingerprint density at radius 2 is 2.33 bits per heavy atom. The van der Waals surface area contributed by atoms with E-state index in [2.05, 4.69) is 30.6 Å². The van der Waals surface area contributed by atoms with Gasteiger partial charge in [-0.1, -0.05) is 26.7 Å². The predicted molar refractivity (Wildman–Crippen MR) is 67.5 cm³/mol. The van der Waals surface area contributed by atoms with Gasteiger partial charge < -0.3 is 5.32 Å². The minimum absolute atomic E-state index is 0.295. The molecular formula is C13H21NS. The Labute approximate surface area is 96.9 Å². The van der Waals surface area contributed by atoms with E-state index < -0.39 is 0 Å². The summed E-state index contributed by atoms with van der Waals surface area (Å²) in [6.07, 6.45) is 6.36. The van der Waals surface area contributed by atoms with Crippen molar-refractivity contribution in [2.45, 2.75) is 51.5 Å². The minimum Gasteiger partial charge on any atom is -0.307 e. The van der Waals surface area contributed by atoms with Gasteiger partial charge in [-0.2, -0.15) is 0 Å². The number of unbranched alkanes of at least 4 members (excludes halogenated alkanes) is 1. The van der Waals surface area contributed by atoms with Crippen molar-refractivity contribution in [1.29, 1.82) is 0 Å². The van der Waals surface area contributed by atoms with Crippen LogP contribution in [0.15, 0.2) is 11.4 Å². The first kappa shape index (κ1) is 11.2. The van der Waals surface area contributed by atoms with Crippen molar-refractivity contribution in [1.82, 2.24) is 5.32 Å². The molecule has 1 unspecified atom stereocenters. The highest BCUT2D eigenvalue weighted by atomic mass is 32.1. The van der Waals surface area contributed by atoms with E-state index in [9.17, 15) is 0 Å². The summed E-state index contributed by atoms with van der Waals surface area (Å²) < 4.78 is 0. The lowest BCUT2D eigenvalue weighted by Gasteiger charge is -2.38. The summed E-state index contributed by atoms with van der Waals surface area (Å²) in [6, 6.07) is 2.34. The highest BCUT2D eigenvalue weighted by Gasteiger charge is 2.34. The summed E-state index contributed by atoms with van der Waals surface area (Å²) in [5.41, 5.74) is 1.89. The third kappa shape index (κ3) is 1.98. The van der Waals surface area contributed by atoms with Crippen LogP contribution in [0.2, 0.25) is 0 Å². The molecule has 1 N–H and O–H groups in total. The van der Waals surface area contributed by atoms with Gasteiger partial charge in [0.05, 0.1) is 0 Å². The van der Waals surface area contributed by atoms with Crippen molar-refractivity contribution in [2.24, 2.45) is 0 Å². The Hall–Kier alpha value is -0.340. The second kappa shape index (κ2) is 4.67. The van der Waals surface area contributed by atoms with Gasteiger partial charge in [0.25, 0.3) is 0 Å². The second-order valence-electron chi connectivity index (χ2n) is 4.47. The van der Waals surface area contributed by atoms with E-state index in [1.807, 2.05) is 11.3 Å². The van der Waals surface area contributed by atoms with Crippen LogP contribution in [0.5, 0.6) is 0 Å². The van der Waals surface area contributed by atoms with Gasteiger partial charge in [0, 0.05) is 17.0 Å². The van der Waals surface area contributed by atoms with Crippen LogP contribution >= 0.6 is 11.3 Å². The number of rotatable bonds is 4. The van der Waals surface area contributed by atoms with E-state index in [-0.39, 0.29) is 0 Å². The molecule has 0 spiro atoms. The molecule has 0 bridgehead atoms. The van der Waals surface area contributed by atoms with Crippen LogP contribution in [0.1, 0.15) is 50.0 Å². The number of hydrogen-bond acceptors (Lipinski definition) is 2. The zero-order valence-electron chi connectivity index (χ0n) is 9.81. The molecule has 0 aliphatic carbocycles. The maximum absolute atomic E-state index is 3.77. The first-order valence-corrected chi connectivity index (χ1v) is 7.02. The summed E-state index contributed by atoms with van der Waals surface area (Å²) >= 11 is 1.94. The quantitative estimate of drug-likeness (QED) is 0.821. The largest absolute Gasteiger partial charge is 0.307 e. The summed E-state index contributed by atoms with van der Waals surface area (Å²) in [5, 5.41) is 6.02. The van der Waals surface area contributed by atoms with Crippen LogP contribution in [-0.4, -0.2) is 6.54 Å². The molecule has 84 valence electrons. The monoisotopic (exact) mass is 223 g/mol. The topological polar surface area (TPSA) is 12.0 Å². The van der Waals surface area contributed by atoms with E-state index in [0.717, 1.165) is 6.54 Å². The normalized spacial score (nSPS) is 25.2. The first-order chi connectivity index (χ1) is 7.32. The van der Waals surface area contributed by atoms with E-state index >= 15 is 0 Å². The molecule has 0 radical (unpaired) electrons. The molecule has 1 aromatic heterocycles. The molecule has 0 saturated heterocycles. The maximum Gasteiger partial charge on any atom is 0.0443 e. The van der Waals surface area contributed by atoms with Gasteiger partial charge in [-0.15, -0.1) is 11.3 Å². The van der Waals surface area contributed by atoms with Gasteiger partial charge >= 0.3 is 0 Å². The van der Waals surface area contributed by atoms with Crippen molar-refractivity contribution in [3.63, 3.8) is 0 Å². The van der Waals surface area contributed by atoms with Gasteiger partial charge in [0.1, 0.15) is 0 Å². The smallest absolute Gasteiger partial charge is 0.0443 e. The molecule has 0 amide bonds. The average Bonchev–Trinajstić information content (AvgIpc) is 2.75. The Kier molecular flexibility index (Phi) is 3.47. The summed E-state index contributed by atoms with van der Waals surface area (Å²) in [5.74, 6) is 0. The van der Waals surface area contributed by atoms with Gasteiger partial charge in [0.2, 0.25) is 0 Å². The van der Waals surface area contributed by atoms with Crippen LogP contribution in [0, 0.1) is 0 Å². The van der Waals surface area contributed by atoms with Crippen LogP contribution < -0.4 is 5.32 Å². The summed E-state index contributed by atoms with van der Waals surface area (Å²) in [7, 11) is 0. The second-order valence-corrected chi connectivity index (χ2v) is 5.47. The standard InChI is InChI=1S/C13H21NS/c1-3-5-8-13(4-2)11-7-10-15-12(11)6-9-14-13/h7,10,14H,3-6,8-9H2,1-2H3. The SMILES string of the molecule is CCCCC1(CC)NCCc2sccc21. The third-order valence-electron chi connectivity index (χ3n) is 3.64. The van der Waals surface area contributed by atoms with Crippen molar-refractivity contribution in [2.75, 3.05) is 6.54 Å². The molecule has 1 aliphatic heterocycles. The molecule has 0 fully saturated rings. The Morgan fingerprint density at radius 1 is 1.47 bits per heavy atom. The molecular weight excluding hydrogens is 202 g/mol. The lowest BCUT2D eigenvalue weighted by Crippen LogP contribution is -2.46. The molecule has 2 heteroatoms. The fourth-order valence-corrected chi connectivity index (χ4v) is 3.64. The fraction of sp³-hybridized carbons (Fsp3) is 0.692. The van der Waals surface area contributed by atoms with Crippen molar-refractivity contribution in [3.05, 3.63) is 21.9 Å². The van der Waals surface area contributed by atoms with Gasteiger partial charge in [0.15, 0.2) is 0 Å². The van der Waals surface area contributed by atoms with Crippen LogP contribution in [-0.2, 0) is 12.0 Å². The Bertz CT molecular complexity index is 318. The lowest BCUT2D eigenvalue weighted by atomic mass is 9.80. The molecule has 0 saturated carbocycles. The van der Waals surface area contributed by atoms with Gasteiger partial charge in [-0.05, 0) is 36.3 Å². The number of nitrogens with one attached hydrogen (secondary N) is 1. The van der Waals surface area contributed by atoms with Crippen molar-refractivity contribution < 1.29 is 0 Å². The fourth-order valence-electron chi connectivity index (χ4n) is 2.66. The summed E-state index contributed by atoms with van der Waals surface area (Å²) in [6.45, 7) is 5.75. The number of fused-ring (bicyclic) bond motifs is 1. The molecule has 1 nitrogen and oxygen atoms in total. The van der Waals surface area contributed by atoms with Crippen molar-refractivity contribution >= 4 is 11.3 Å².